The van der Waals surface area contributed by atoms with E-state index in [1.165, 1.54) is 32.9 Å². The van der Waals surface area contributed by atoms with E-state index in [0.717, 1.165) is 31.2 Å². The van der Waals surface area contributed by atoms with E-state index in [4.69, 9.17) is 11.6 Å². The Hall–Kier alpha value is -1.61. The van der Waals surface area contributed by atoms with Crippen molar-refractivity contribution in [3.05, 3.63) is 53.1 Å². The van der Waals surface area contributed by atoms with E-state index in [1.54, 1.807) is 18.2 Å². The van der Waals surface area contributed by atoms with Gasteiger partial charge in [0, 0.05) is 24.7 Å². The van der Waals surface area contributed by atoms with Gasteiger partial charge in [0.1, 0.15) is 0 Å². The van der Waals surface area contributed by atoms with Crippen LogP contribution in [0.15, 0.2) is 52.3 Å². The third-order valence-electron chi connectivity index (χ3n) is 5.48. The lowest BCUT2D eigenvalue weighted by Crippen LogP contribution is -2.36. The molecule has 0 aromatic heterocycles. The lowest BCUT2D eigenvalue weighted by molar-refractivity contribution is 0.346. The summed E-state index contributed by atoms with van der Waals surface area (Å²) in [5.74, 6) is 0. The summed E-state index contributed by atoms with van der Waals surface area (Å²) >= 11 is 6.05. The second kappa shape index (κ2) is 7.91. The molecule has 2 aromatic rings. The number of hydrogen-bond acceptors (Lipinski definition) is 4. The van der Waals surface area contributed by atoms with E-state index < -0.39 is 20.0 Å². The van der Waals surface area contributed by atoms with Gasteiger partial charge in [0.05, 0.1) is 15.5 Å². The largest absolute Gasteiger partial charge is 0.266 e. The Bertz CT molecular complexity index is 1110. The predicted molar refractivity (Wildman–Crippen MR) is 113 cm³/mol. The van der Waals surface area contributed by atoms with Crippen LogP contribution in [0.25, 0.3) is 0 Å². The van der Waals surface area contributed by atoms with Crippen LogP contribution >= 0.6 is 11.6 Å². The van der Waals surface area contributed by atoms with Crippen LogP contribution in [0.5, 0.6) is 0 Å². The topological polar surface area (TPSA) is 74.8 Å². The van der Waals surface area contributed by atoms with Crippen molar-refractivity contribution in [1.82, 2.24) is 4.31 Å². The van der Waals surface area contributed by atoms with E-state index in [0.29, 0.717) is 36.8 Å². The summed E-state index contributed by atoms with van der Waals surface area (Å²) in [6.07, 6.45) is 4.21. The van der Waals surface area contributed by atoms with Gasteiger partial charge in [-0.15, -0.1) is 0 Å². The zero-order valence-electron chi connectivity index (χ0n) is 15.9. The highest BCUT2D eigenvalue weighted by atomic mass is 35.5. The standard InChI is InChI=1S/C20H23ClN2O4S2/c21-17-6-11-20-16(15-17)5-4-14-23(20)29(26,27)19-9-7-18(8-10-19)28(24,25)22-12-2-1-3-13-22/h6-11,15H,1-5,12-14H2. The first-order valence-electron chi connectivity index (χ1n) is 9.71. The summed E-state index contributed by atoms with van der Waals surface area (Å²) in [6.45, 7) is 1.40. The normalized spacial score (nSPS) is 18.4. The summed E-state index contributed by atoms with van der Waals surface area (Å²) in [5.41, 5.74) is 1.53. The van der Waals surface area contributed by atoms with Crippen LogP contribution in [0.2, 0.25) is 5.02 Å². The summed E-state index contributed by atoms with van der Waals surface area (Å²) in [5, 5.41) is 0.579. The summed E-state index contributed by atoms with van der Waals surface area (Å²) in [6, 6.07) is 10.8. The van der Waals surface area contributed by atoms with Crippen molar-refractivity contribution in [3.63, 3.8) is 0 Å². The number of hydrogen-bond donors (Lipinski definition) is 0. The van der Waals surface area contributed by atoms with Crippen molar-refractivity contribution in [3.8, 4) is 0 Å². The van der Waals surface area contributed by atoms with Gasteiger partial charge in [0.2, 0.25) is 10.0 Å². The quantitative estimate of drug-likeness (QED) is 0.706. The number of aryl methyl sites for hydroxylation is 1. The average Bonchev–Trinajstić information content (AvgIpc) is 2.73. The molecular formula is C20H23ClN2O4S2. The van der Waals surface area contributed by atoms with Crippen molar-refractivity contribution in [2.45, 2.75) is 41.9 Å². The van der Waals surface area contributed by atoms with Gasteiger partial charge in [0.25, 0.3) is 10.0 Å². The monoisotopic (exact) mass is 454 g/mol. The van der Waals surface area contributed by atoms with E-state index in [1.807, 2.05) is 0 Å². The number of piperidine rings is 1. The highest BCUT2D eigenvalue weighted by Gasteiger charge is 2.30. The second-order valence-electron chi connectivity index (χ2n) is 7.39. The number of halogens is 1. The van der Waals surface area contributed by atoms with Gasteiger partial charge in [-0.2, -0.15) is 4.31 Å². The summed E-state index contributed by atoms with van der Waals surface area (Å²) in [7, 11) is -7.39. The fraction of sp³-hybridized carbons (Fsp3) is 0.400. The molecule has 0 spiro atoms. The Morgan fingerprint density at radius 2 is 1.34 bits per heavy atom. The molecule has 4 rings (SSSR count). The molecule has 29 heavy (non-hydrogen) atoms. The molecule has 0 N–H and O–H groups in total. The number of anilines is 1. The smallest absolute Gasteiger partial charge is 0.264 e. The lowest BCUT2D eigenvalue weighted by Gasteiger charge is -2.30. The summed E-state index contributed by atoms with van der Waals surface area (Å²) in [4.78, 5) is 0.210. The molecule has 2 aliphatic rings. The second-order valence-corrected chi connectivity index (χ2v) is 11.6. The van der Waals surface area contributed by atoms with Gasteiger partial charge >= 0.3 is 0 Å². The molecule has 156 valence electrons. The van der Waals surface area contributed by atoms with E-state index in [-0.39, 0.29) is 9.79 Å². The van der Waals surface area contributed by atoms with Gasteiger partial charge in [0.15, 0.2) is 0 Å². The number of rotatable bonds is 4. The van der Waals surface area contributed by atoms with Crippen LogP contribution < -0.4 is 4.31 Å². The molecule has 0 amide bonds. The van der Waals surface area contributed by atoms with Crippen LogP contribution in [-0.4, -0.2) is 40.8 Å². The number of fused-ring (bicyclic) bond motifs is 1. The highest BCUT2D eigenvalue weighted by Crippen LogP contribution is 2.34. The minimum Gasteiger partial charge on any atom is -0.266 e. The Morgan fingerprint density at radius 3 is 2.00 bits per heavy atom. The minimum atomic E-state index is -3.79. The lowest BCUT2D eigenvalue weighted by atomic mass is 10.0. The third-order valence-corrected chi connectivity index (χ3v) is 9.46. The van der Waals surface area contributed by atoms with Crippen molar-refractivity contribution in [2.24, 2.45) is 0 Å². The van der Waals surface area contributed by atoms with Crippen LogP contribution in [0, 0.1) is 0 Å². The average molecular weight is 455 g/mol. The number of nitrogens with zero attached hydrogens (tertiary/aromatic N) is 2. The molecule has 0 aliphatic carbocycles. The fourth-order valence-corrected chi connectivity index (χ4v) is 7.20. The molecule has 1 fully saturated rings. The first-order valence-corrected chi connectivity index (χ1v) is 13.0. The molecule has 0 atom stereocenters. The zero-order chi connectivity index (χ0) is 20.6. The molecule has 2 heterocycles. The number of sulfonamides is 2. The molecule has 0 radical (unpaired) electrons. The Balaban J connectivity index is 1.64. The van der Waals surface area contributed by atoms with Gasteiger partial charge in [-0.3, -0.25) is 4.31 Å². The van der Waals surface area contributed by atoms with Crippen molar-refractivity contribution >= 4 is 37.3 Å². The van der Waals surface area contributed by atoms with Gasteiger partial charge < -0.3 is 0 Å². The van der Waals surface area contributed by atoms with E-state index >= 15 is 0 Å². The maximum atomic E-state index is 13.2. The maximum Gasteiger partial charge on any atom is 0.264 e. The van der Waals surface area contributed by atoms with Crippen LogP contribution in [0.1, 0.15) is 31.2 Å². The van der Waals surface area contributed by atoms with Crippen LogP contribution in [-0.2, 0) is 26.5 Å². The predicted octanol–water partition coefficient (Wildman–Crippen LogP) is 3.66. The van der Waals surface area contributed by atoms with E-state index in [2.05, 4.69) is 0 Å². The number of benzene rings is 2. The minimum absolute atomic E-state index is 0.0814. The van der Waals surface area contributed by atoms with Gasteiger partial charge in [-0.1, -0.05) is 18.0 Å². The van der Waals surface area contributed by atoms with Gasteiger partial charge in [-0.25, -0.2) is 16.8 Å². The molecule has 1 saturated heterocycles. The molecule has 0 bridgehead atoms. The summed E-state index contributed by atoms with van der Waals surface area (Å²) < 4.78 is 54.9. The first kappa shape index (κ1) is 20.7. The van der Waals surface area contributed by atoms with E-state index in [9.17, 15) is 16.8 Å². The van der Waals surface area contributed by atoms with Crippen LogP contribution in [0.3, 0.4) is 0 Å². The zero-order valence-corrected chi connectivity index (χ0v) is 18.3. The Kier molecular flexibility index (Phi) is 5.63. The maximum absolute atomic E-state index is 13.2. The molecule has 6 nitrogen and oxygen atoms in total. The molecule has 0 saturated carbocycles. The molecule has 2 aliphatic heterocycles. The first-order chi connectivity index (χ1) is 13.8. The Labute approximate surface area is 177 Å². The van der Waals surface area contributed by atoms with Crippen LogP contribution in [0.4, 0.5) is 5.69 Å². The van der Waals surface area contributed by atoms with Gasteiger partial charge in [-0.05, 0) is 73.7 Å². The third kappa shape index (κ3) is 3.91. The van der Waals surface area contributed by atoms with Crippen molar-refractivity contribution in [2.75, 3.05) is 23.9 Å². The molecule has 2 aromatic carbocycles. The molecule has 0 unspecified atom stereocenters. The Morgan fingerprint density at radius 1 is 0.724 bits per heavy atom. The molecule has 9 heteroatoms. The fourth-order valence-electron chi connectivity index (χ4n) is 3.95. The highest BCUT2D eigenvalue weighted by molar-refractivity contribution is 7.93. The molecular weight excluding hydrogens is 432 g/mol. The van der Waals surface area contributed by atoms with Crippen molar-refractivity contribution < 1.29 is 16.8 Å². The SMILES string of the molecule is O=S(=O)(c1ccc(S(=O)(=O)N2CCCc3cc(Cl)ccc32)cc1)N1CCCCC1. The van der Waals surface area contributed by atoms with Crippen molar-refractivity contribution in [1.29, 1.82) is 0 Å².